The van der Waals surface area contributed by atoms with E-state index in [0.29, 0.717) is 5.56 Å². The molecule has 1 aliphatic heterocycles. The predicted molar refractivity (Wildman–Crippen MR) is 70.1 cm³/mol. The van der Waals surface area contributed by atoms with Gasteiger partial charge in [0.05, 0.1) is 18.8 Å². The van der Waals surface area contributed by atoms with Crippen LogP contribution < -0.4 is 5.73 Å². The first-order chi connectivity index (χ1) is 9.00. The minimum absolute atomic E-state index is 0.466. The van der Waals surface area contributed by atoms with E-state index in [1.54, 1.807) is 12.1 Å². The number of ether oxygens (including phenoxy) is 1. The van der Waals surface area contributed by atoms with Crippen LogP contribution in [0.1, 0.15) is 18.1 Å². The van der Waals surface area contributed by atoms with Crippen LogP contribution in [0.4, 0.5) is 8.78 Å². The second kappa shape index (κ2) is 5.94. The fourth-order valence-corrected chi connectivity index (χ4v) is 2.11. The lowest BCUT2D eigenvalue weighted by molar-refractivity contribution is 0.0341. The molecule has 0 saturated carbocycles. The Kier molecular flexibility index (Phi) is 4.50. The van der Waals surface area contributed by atoms with Gasteiger partial charge in [-0.15, -0.1) is 0 Å². The second-order valence-corrected chi connectivity index (χ2v) is 5.17. The van der Waals surface area contributed by atoms with Crippen molar-refractivity contribution in [2.75, 3.05) is 26.3 Å². The van der Waals surface area contributed by atoms with Gasteiger partial charge in [0.15, 0.2) is 0 Å². The summed E-state index contributed by atoms with van der Waals surface area (Å²) in [6.45, 7) is 5.50. The molecule has 0 bridgehead atoms. The van der Waals surface area contributed by atoms with Crippen molar-refractivity contribution >= 4 is 0 Å². The molecule has 0 amide bonds. The van der Waals surface area contributed by atoms with E-state index >= 15 is 0 Å². The molecule has 1 atom stereocenters. The summed E-state index contributed by atoms with van der Waals surface area (Å²) in [5.41, 5.74) is 5.63. The van der Waals surface area contributed by atoms with Crippen molar-refractivity contribution in [2.45, 2.75) is 25.4 Å². The molecule has 1 fully saturated rings. The molecule has 2 rings (SSSR count). The van der Waals surface area contributed by atoms with Crippen LogP contribution in [0.3, 0.4) is 0 Å². The molecule has 1 aromatic rings. The molecule has 1 aromatic carbocycles. The fraction of sp³-hybridized carbons (Fsp3) is 0.571. The molecule has 0 aromatic heterocycles. The second-order valence-electron chi connectivity index (χ2n) is 5.17. The molecule has 2 N–H and O–H groups in total. The van der Waals surface area contributed by atoms with Gasteiger partial charge in [0.25, 0.3) is 6.43 Å². The van der Waals surface area contributed by atoms with Crippen LogP contribution in [-0.4, -0.2) is 37.6 Å². The maximum absolute atomic E-state index is 12.8. The normalized spacial score (nSPS) is 20.5. The Hall–Kier alpha value is -1.04. The van der Waals surface area contributed by atoms with Crippen LogP contribution in [0, 0.1) is 0 Å². The van der Waals surface area contributed by atoms with E-state index in [4.69, 9.17) is 10.5 Å². The number of rotatable bonds is 4. The molecule has 1 heterocycles. The molecule has 0 radical (unpaired) electrons. The zero-order valence-corrected chi connectivity index (χ0v) is 11.1. The minimum Gasteiger partial charge on any atom is -0.379 e. The number of nitrogens with two attached hydrogens (primary N) is 1. The van der Waals surface area contributed by atoms with Crippen LogP contribution >= 0.6 is 0 Å². The maximum Gasteiger partial charge on any atom is 0.260 e. The van der Waals surface area contributed by atoms with E-state index in [1.165, 1.54) is 6.92 Å². The third kappa shape index (κ3) is 3.49. The number of benzene rings is 1. The van der Waals surface area contributed by atoms with Crippen LogP contribution in [0.15, 0.2) is 24.3 Å². The van der Waals surface area contributed by atoms with Crippen molar-refractivity contribution < 1.29 is 13.5 Å². The molecular weight excluding hydrogens is 250 g/mol. The van der Waals surface area contributed by atoms with E-state index < -0.39 is 12.0 Å². The summed E-state index contributed by atoms with van der Waals surface area (Å²) in [6.07, 6.45) is -2.57. The first-order valence-electron chi connectivity index (χ1n) is 6.46. The first-order valence-corrected chi connectivity index (χ1v) is 6.46. The Labute approximate surface area is 112 Å². The topological polar surface area (TPSA) is 38.5 Å². The Bertz CT molecular complexity index is 400. The number of morpholine rings is 1. The number of hydrogen-bond donors (Lipinski definition) is 1. The molecular formula is C14H20F2N2O. The maximum atomic E-state index is 12.8. The lowest BCUT2D eigenvalue weighted by Crippen LogP contribution is -2.40. The van der Waals surface area contributed by atoms with E-state index in [0.717, 1.165) is 38.4 Å². The zero-order valence-electron chi connectivity index (χ0n) is 11.1. The van der Waals surface area contributed by atoms with Gasteiger partial charge in [0.1, 0.15) is 0 Å². The van der Waals surface area contributed by atoms with Gasteiger partial charge in [-0.2, -0.15) is 0 Å². The molecule has 1 saturated heterocycles. The van der Waals surface area contributed by atoms with E-state index in [2.05, 4.69) is 4.90 Å². The van der Waals surface area contributed by atoms with Crippen LogP contribution in [0.25, 0.3) is 0 Å². The highest BCUT2D eigenvalue weighted by atomic mass is 19.3. The summed E-state index contributed by atoms with van der Waals surface area (Å²) in [5.74, 6) is 0. The molecule has 106 valence electrons. The van der Waals surface area contributed by atoms with Crippen molar-refractivity contribution in [3.8, 4) is 0 Å². The lowest BCUT2D eigenvalue weighted by Gasteiger charge is -2.27. The number of halogens is 2. The molecule has 1 aliphatic rings. The van der Waals surface area contributed by atoms with E-state index in [9.17, 15) is 8.78 Å². The molecule has 1 unspecified atom stereocenters. The Balaban J connectivity index is 2.02. The quantitative estimate of drug-likeness (QED) is 0.909. The predicted octanol–water partition coefficient (Wildman–Crippen LogP) is 1.96. The third-order valence-corrected chi connectivity index (χ3v) is 3.54. The van der Waals surface area contributed by atoms with Crippen molar-refractivity contribution in [1.82, 2.24) is 4.90 Å². The van der Waals surface area contributed by atoms with Crippen LogP contribution in [0.2, 0.25) is 0 Å². The van der Waals surface area contributed by atoms with Gasteiger partial charge >= 0.3 is 0 Å². The van der Waals surface area contributed by atoms with Crippen molar-refractivity contribution in [3.05, 3.63) is 35.4 Å². The molecule has 19 heavy (non-hydrogen) atoms. The monoisotopic (exact) mass is 270 g/mol. The van der Waals surface area contributed by atoms with Crippen molar-refractivity contribution in [3.63, 3.8) is 0 Å². The Morgan fingerprint density at radius 3 is 2.37 bits per heavy atom. The average Bonchev–Trinajstić information content (AvgIpc) is 2.40. The zero-order chi connectivity index (χ0) is 13.9. The highest BCUT2D eigenvalue weighted by molar-refractivity contribution is 5.28. The van der Waals surface area contributed by atoms with Gasteiger partial charge in [-0.25, -0.2) is 8.78 Å². The van der Waals surface area contributed by atoms with Gasteiger partial charge < -0.3 is 10.5 Å². The molecule has 3 nitrogen and oxygen atoms in total. The van der Waals surface area contributed by atoms with Crippen molar-refractivity contribution in [1.29, 1.82) is 0 Å². The van der Waals surface area contributed by atoms with E-state index in [1.807, 2.05) is 12.1 Å². The van der Waals surface area contributed by atoms with Gasteiger partial charge in [0, 0.05) is 19.6 Å². The van der Waals surface area contributed by atoms with Crippen LogP contribution in [-0.2, 0) is 16.8 Å². The van der Waals surface area contributed by atoms with Gasteiger partial charge in [-0.3, -0.25) is 4.90 Å². The average molecular weight is 270 g/mol. The van der Waals surface area contributed by atoms with Gasteiger partial charge in [-0.05, 0) is 18.1 Å². The number of alkyl halides is 2. The summed E-state index contributed by atoms with van der Waals surface area (Å²) in [6, 6.07) is 7.14. The summed E-state index contributed by atoms with van der Waals surface area (Å²) in [5, 5.41) is 0. The Morgan fingerprint density at radius 1 is 1.26 bits per heavy atom. The summed E-state index contributed by atoms with van der Waals surface area (Å²) in [7, 11) is 0. The van der Waals surface area contributed by atoms with Gasteiger partial charge in [-0.1, -0.05) is 24.3 Å². The standard InChI is InChI=1S/C14H20F2N2O/c1-14(17,13(15)16)12-4-2-11(3-5-12)10-18-6-8-19-9-7-18/h2-5,13H,6-10,17H2,1H3. The van der Waals surface area contributed by atoms with Crippen LogP contribution in [0.5, 0.6) is 0 Å². The van der Waals surface area contributed by atoms with Gasteiger partial charge in [0.2, 0.25) is 0 Å². The molecule has 5 heteroatoms. The highest BCUT2D eigenvalue weighted by Crippen LogP contribution is 2.25. The largest absolute Gasteiger partial charge is 0.379 e. The third-order valence-electron chi connectivity index (χ3n) is 3.54. The van der Waals surface area contributed by atoms with Crippen molar-refractivity contribution in [2.24, 2.45) is 5.73 Å². The fourth-order valence-electron chi connectivity index (χ4n) is 2.11. The summed E-state index contributed by atoms with van der Waals surface area (Å²) in [4.78, 5) is 2.28. The first kappa shape index (κ1) is 14.4. The smallest absolute Gasteiger partial charge is 0.260 e. The molecule has 0 spiro atoms. The summed E-state index contributed by atoms with van der Waals surface area (Å²) >= 11 is 0. The number of nitrogens with zero attached hydrogens (tertiary/aromatic N) is 1. The Morgan fingerprint density at radius 2 is 1.84 bits per heavy atom. The SMILES string of the molecule is CC(N)(c1ccc(CN2CCOCC2)cc1)C(F)F. The molecule has 0 aliphatic carbocycles. The highest BCUT2D eigenvalue weighted by Gasteiger charge is 2.32. The lowest BCUT2D eigenvalue weighted by atomic mass is 9.93. The number of hydrogen-bond acceptors (Lipinski definition) is 3. The van der Waals surface area contributed by atoms with E-state index in [-0.39, 0.29) is 0 Å². The summed E-state index contributed by atoms with van der Waals surface area (Å²) < 4.78 is 30.9. The minimum atomic E-state index is -2.57.